The van der Waals surface area contributed by atoms with E-state index in [1.807, 2.05) is 36.4 Å². The van der Waals surface area contributed by atoms with Gasteiger partial charge < -0.3 is 20.3 Å². The molecule has 2 aromatic carbocycles. The van der Waals surface area contributed by atoms with Crippen LogP contribution in [0.4, 0.5) is 4.79 Å². The van der Waals surface area contributed by atoms with E-state index >= 15 is 0 Å². The number of amides is 5. The van der Waals surface area contributed by atoms with Gasteiger partial charge in [0.15, 0.2) is 6.04 Å². The third-order valence-corrected chi connectivity index (χ3v) is 6.74. The SMILES string of the molecule is CNC(=O)C1(c2ccc(C#CC3NC(=O)NC3=O)cc2)CCC1.COc1ccc2c(c1)C(=O)N(C)C2. The van der Waals surface area contributed by atoms with Crippen molar-refractivity contribution >= 4 is 23.8 Å². The molecule has 9 heteroatoms. The number of ether oxygens (including phenoxy) is 1. The number of rotatable bonds is 3. The smallest absolute Gasteiger partial charge is 0.322 e. The number of urea groups is 1. The van der Waals surface area contributed by atoms with Gasteiger partial charge in [-0.3, -0.25) is 19.7 Å². The van der Waals surface area contributed by atoms with Crippen molar-refractivity contribution in [2.75, 3.05) is 21.2 Å². The first kappa shape index (κ1) is 24.8. The van der Waals surface area contributed by atoms with E-state index in [9.17, 15) is 19.2 Å². The van der Waals surface area contributed by atoms with Crippen LogP contribution in [-0.4, -0.2) is 55.9 Å². The molecule has 1 saturated carbocycles. The van der Waals surface area contributed by atoms with Gasteiger partial charge in [-0.2, -0.15) is 0 Å². The first-order valence-electron chi connectivity index (χ1n) is 11.7. The molecule has 0 aromatic heterocycles. The summed E-state index contributed by atoms with van der Waals surface area (Å²) in [7, 11) is 5.06. The van der Waals surface area contributed by atoms with E-state index in [1.54, 1.807) is 32.2 Å². The molecule has 2 fully saturated rings. The van der Waals surface area contributed by atoms with E-state index in [1.165, 1.54) is 0 Å². The van der Waals surface area contributed by atoms with Crippen LogP contribution in [0.1, 0.15) is 46.3 Å². The fourth-order valence-corrected chi connectivity index (χ4v) is 4.52. The fraction of sp³-hybridized carbons (Fsp3) is 0.333. The average molecular weight is 489 g/mol. The standard InChI is InChI=1S/C17H17N3O3.C10H11NO2/c1-18-15(22)17(9-2-10-17)12-6-3-11(4-7-12)5-8-13-14(21)20-16(23)19-13;1-11-6-7-3-4-8(13-2)5-9(7)10(11)12/h3-4,6-7,13H,2,9-10H2,1H3,(H,18,22)(H2,19,20,21,23);3-5H,6H2,1-2H3. The number of hydrogen-bond donors (Lipinski definition) is 3. The number of likely N-dealkylation sites (N-methyl/N-ethyl adjacent to an activating group) is 1. The lowest BCUT2D eigenvalue weighted by Gasteiger charge is -2.40. The second-order valence-corrected chi connectivity index (χ2v) is 8.94. The zero-order chi connectivity index (χ0) is 25.9. The Morgan fingerprint density at radius 1 is 1.14 bits per heavy atom. The molecular formula is C27H28N4O5. The molecule has 0 spiro atoms. The second kappa shape index (κ2) is 10.1. The van der Waals surface area contributed by atoms with Crippen molar-refractivity contribution < 1.29 is 23.9 Å². The molecule has 2 aliphatic heterocycles. The van der Waals surface area contributed by atoms with Crippen LogP contribution in [0, 0.1) is 11.8 Å². The fourth-order valence-electron chi connectivity index (χ4n) is 4.52. The first-order chi connectivity index (χ1) is 17.3. The molecule has 2 heterocycles. The highest BCUT2D eigenvalue weighted by Crippen LogP contribution is 2.43. The first-order valence-corrected chi connectivity index (χ1v) is 11.7. The number of methoxy groups -OCH3 is 1. The zero-order valence-corrected chi connectivity index (χ0v) is 20.4. The Morgan fingerprint density at radius 3 is 2.42 bits per heavy atom. The van der Waals surface area contributed by atoms with E-state index in [0.717, 1.165) is 47.3 Å². The molecule has 186 valence electrons. The topological polar surface area (TPSA) is 117 Å². The van der Waals surface area contributed by atoms with Gasteiger partial charge in [-0.25, -0.2) is 4.79 Å². The van der Waals surface area contributed by atoms with Crippen molar-refractivity contribution in [1.29, 1.82) is 0 Å². The second-order valence-electron chi connectivity index (χ2n) is 8.94. The molecule has 9 nitrogen and oxygen atoms in total. The zero-order valence-electron chi connectivity index (χ0n) is 20.4. The highest BCUT2D eigenvalue weighted by molar-refractivity contribution is 6.05. The predicted molar refractivity (Wildman–Crippen MR) is 132 cm³/mol. The number of carbonyl (C=O) groups is 4. The number of carbonyl (C=O) groups excluding carboxylic acids is 4. The Morgan fingerprint density at radius 2 is 1.86 bits per heavy atom. The minimum absolute atomic E-state index is 0.0490. The lowest BCUT2D eigenvalue weighted by Crippen LogP contribution is -2.48. The summed E-state index contributed by atoms with van der Waals surface area (Å²) >= 11 is 0. The Balaban J connectivity index is 0.000000197. The van der Waals surface area contributed by atoms with Gasteiger partial charge in [0.2, 0.25) is 5.91 Å². The molecule has 3 aliphatic rings. The summed E-state index contributed by atoms with van der Waals surface area (Å²) < 4.78 is 5.05. The van der Waals surface area contributed by atoms with E-state index in [0.29, 0.717) is 6.54 Å². The Kier molecular flexibility index (Phi) is 6.97. The summed E-state index contributed by atoms with van der Waals surface area (Å²) in [6.45, 7) is 0.707. The van der Waals surface area contributed by atoms with Crippen LogP contribution in [-0.2, 0) is 21.5 Å². The number of hydrogen-bond acceptors (Lipinski definition) is 5. The lowest BCUT2D eigenvalue weighted by molar-refractivity contribution is -0.129. The summed E-state index contributed by atoms with van der Waals surface area (Å²) in [5, 5.41) is 7.30. The summed E-state index contributed by atoms with van der Waals surface area (Å²) in [6.07, 6.45) is 2.75. The van der Waals surface area contributed by atoms with Crippen molar-refractivity contribution in [3.63, 3.8) is 0 Å². The third kappa shape index (κ3) is 4.75. The van der Waals surface area contributed by atoms with Crippen LogP contribution < -0.4 is 20.7 Å². The summed E-state index contributed by atoms with van der Waals surface area (Å²) in [6, 6.07) is 11.8. The Hall–Kier alpha value is -4.32. The molecule has 2 aromatic rings. The highest BCUT2D eigenvalue weighted by atomic mass is 16.5. The minimum atomic E-state index is -0.814. The van der Waals surface area contributed by atoms with Gasteiger partial charge in [-0.1, -0.05) is 36.5 Å². The molecule has 5 rings (SSSR count). The monoisotopic (exact) mass is 488 g/mol. The van der Waals surface area contributed by atoms with Crippen molar-refractivity contribution in [2.24, 2.45) is 0 Å². The van der Waals surface area contributed by atoms with Crippen LogP contribution in [0.2, 0.25) is 0 Å². The molecule has 1 atom stereocenters. The quantitative estimate of drug-likeness (QED) is 0.449. The molecule has 1 aliphatic carbocycles. The van der Waals surface area contributed by atoms with E-state index < -0.39 is 23.4 Å². The maximum absolute atomic E-state index is 12.1. The summed E-state index contributed by atoms with van der Waals surface area (Å²) in [5.41, 5.74) is 3.14. The molecule has 5 amide bonds. The third-order valence-electron chi connectivity index (χ3n) is 6.74. The number of imide groups is 1. The minimum Gasteiger partial charge on any atom is -0.497 e. The predicted octanol–water partition coefficient (Wildman–Crippen LogP) is 1.69. The normalized spacial score (nSPS) is 18.9. The number of nitrogens with one attached hydrogen (secondary N) is 3. The van der Waals surface area contributed by atoms with E-state index in [-0.39, 0.29) is 11.8 Å². The molecule has 3 N–H and O–H groups in total. The van der Waals surface area contributed by atoms with Gasteiger partial charge in [-0.05, 0) is 48.2 Å². The number of benzene rings is 2. The van der Waals surface area contributed by atoms with Crippen LogP contribution in [0.5, 0.6) is 5.75 Å². The highest BCUT2D eigenvalue weighted by Gasteiger charge is 2.44. The number of fused-ring (bicyclic) bond motifs is 1. The molecule has 0 radical (unpaired) electrons. The van der Waals surface area contributed by atoms with E-state index in [2.05, 4.69) is 27.8 Å². The molecule has 1 unspecified atom stereocenters. The maximum Gasteiger partial charge on any atom is 0.322 e. The Bertz CT molecular complexity index is 1270. The van der Waals surface area contributed by atoms with Crippen LogP contribution in [0.25, 0.3) is 0 Å². The Labute approximate surface area is 209 Å². The average Bonchev–Trinajstić information content (AvgIpc) is 3.33. The summed E-state index contributed by atoms with van der Waals surface area (Å²) in [4.78, 5) is 47.8. The van der Waals surface area contributed by atoms with Crippen molar-refractivity contribution in [3.05, 3.63) is 64.7 Å². The summed E-state index contributed by atoms with van der Waals surface area (Å²) in [5.74, 6) is 6.02. The van der Waals surface area contributed by atoms with Gasteiger partial charge in [-0.15, -0.1) is 0 Å². The molecule has 36 heavy (non-hydrogen) atoms. The largest absolute Gasteiger partial charge is 0.497 e. The van der Waals surface area contributed by atoms with Gasteiger partial charge in [0, 0.05) is 31.8 Å². The number of nitrogens with zero attached hydrogens (tertiary/aromatic N) is 1. The van der Waals surface area contributed by atoms with Crippen LogP contribution >= 0.6 is 0 Å². The van der Waals surface area contributed by atoms with Gasteiger partial charge in [0.1, 0.15) is 5.75 Å². The van der Waals surface area contributed by atoms with Crippen molar-refractivity contribution in [3.8, 4) is 17.6 Å². The van der Waals surface area contributed by atoms with Gasteiger partial charge in [0.25, 0.3) is 11.8 Å². The van der Waals surface area contributed by atoms with Gasteiger partial charge in [0.05, 0.1) is 12.5 Å². The molecular weight excluding hydrogens is 460 g/mol. The maximum atomic E-state index is 12.1. The van der Waals surface area contributed by atoms with Crippen molar-refractivity contribution in [1.82, 2.24) is 20.9 Å². The van der Waals surface area contributed by atoms with Crippen molar-refractivity contribution in [2.45, 2.75) is 37.3 Å². The van der Waals surface area contributed by atoms with Crippen LogP contribution in [0.15, 0.2) is 42.5 Å². The molecule has 1 saturated heterocycles. The van der Waals surface area contributed by atoms with E-state index in [4.69, 9.17) is 4.74 Å². The lowest BCUT2D eigenvalue weighted by atomic mass is 9.64. The molecule has 0 bridgehead atoms. The van der Waals surface area contributed by atoms with Crippen LogP contribution in [0.3, 0.4) is 0 Å². The van der Waals surface area contributed by atoms with Gasteiger partial charge >= 0.3 is 6.03 Å².